The van der Waals surface area contributed by atoms with E-state index in [9.17, 15) is 0 Å². The third-order valence-corrected chi connectivity index (χ3v) is 4.58. The minimum atomic E-state index is 0.698. The average molecular weight is 272 g/mol. The summed E-state index contributed by atoms with van der Waals surface area (Å²) in [5.74, 6) is 0.761. The standard InChI is InChI=1S/C16H20N2S/c1-12-3-2-4-13(7-12)14-8-16(9-14)17-6-5-15-10-19-11-18-15/h2-4,7,10-11,14,16-17H,5-6,8-9H2,1H3. The third-order valence-electron chi connectivity index (χ3n) is 3.95. The quantitative estimate of drug-likeness (QED) is 0.900. The van der Waals surface area contributed by atoms with Gasteiger partial charge in [0, 0.05) is 24.4 Å². The minimum Gasteiger partial charge on any atom is -0.314 e. The van der Waals surface area contributed by atoms with Crippen LogP contribution in [0.4, 0.5) is 0 Å². The minimum absolute atomic E-state index is 0.698. The number of aryl methyl sites for hydroxylation is 1. The molecule has 2 nitrogen and oxygen atoms in total. The summed E-state index contributed by atoms with van der Waals surface area (Å²) in [7, 11) is 0. The van der Waals surface area contributed by atoms with Crippen LogP contribution in [0.15, 0.2) is 35.2 Å². The van der Waals surface area contributed by atoms with Gasteiger partial charge in [0.25, 0.3) is 0 Å². The highest BCUT2D eigenvalue weighted by atomic mass is 32.1. The molecule has 1 aromatic carbocycles. The largest absolute Gasteiger partial charge is 0.314 e. The van der Waals surface area contributed by atoms with Gasteiger partial charge in [-0.1, -0.05) is 29.8 Å². The Kier molecular flexibility index (Phi) is 3.95. The van der Waals surface area contributed by atoms with Gasteiger partial charge in [-0.25, -0.2) is 4.98 Å². The molecule has 1 fully saturated rings. The van der Waals surface area contributed by atoms with Gasteiger partial charge in [0.05, 0.1) is 11.2 Å². The molecule has 0 atom stereocenters. The highest BCUT2D eigenvalue weighted by Gasteiger charge is 2.29. The van der Waals surface area contributed by atoms with Gasteiger partial charge >= 0.3 is 0 Å². The van der Waals surface area contributed by atoms with Gasteiger partial charge in [0.15, 0.2) is 0 Å². The van der Waals surface area contributed by atoms with Gasteiger partial charge in [-0.2, -0.15) is 0 Å². The highest BCUT2D eigenvalue weighted by molar-refractivity contribution is 7.07. The normalized spacial score (nSPS) is 22.2. The molecular formula is C16H20N2S. The summed E-state index contributed by atoms with van der Waals surface area (Å²) in [6.07, 6.45) is 3.61. The van der Waals surface area contributed by atoms with Crippen LogP contribution >= 0.6 is 11.3 Å². The molecule has 100 valence electrons. The molecule has 0 saturated heterocycles. The zero-order valence-corrected chi connectivity index (χ0v) is 12.1. The zero-order chi connectivity index (χ0) is 13.1. The van der Waals surface area contributed by atoms with E-state index >= 15 is 0 Å². The molecule has 0 amide bonds. The summed E-state index contributed by atoms with van der Waals surface area (Å²) in [4.78, 5) is 4.31. The van der Waals surface area contributed by atoms with E-state index in [0.717, 1.165) is 18.9 Å². The molecule has 1 heterocycles. The first kappa shape index (κ1) is 12.8. The molecule has 0 unspecified atom stereocenters. The molecule has 0 radical (unpaired) electrons. The summed E-state index contributed by atoms with van der Waals surface area (Å²) in [5.41, 5.74) is 6.01. The van der Waals surface area contributed by atoms with Gasteiger partial charge in [-0.3, -0.25) is 0 Å². The lowest BCUT2D eigenvalue weighted by Crippen LogP contribution is -2.41. The molecule has 1 aliphatic rings. The van der Waals surface area contributed by atoms with Crippen molar-refractivity contribution in [3.8, 4) is 0 Å². The first-order valence-electron chi connectivity index (χ1n) is 6.98. The molecule has 0 aliphatic heterocycles. The number of thiazole rings is 1. The number of nitrogens with one attached hydrogen (secondary N) is 1. The second kappa shape index (κ2) is 5.85. The molecule has 3 heteroatoms. The van der Waals surface area contributed by atoms with Crippen LogP contribution < -0.4 is 5.32 Å². The molecule has 1 N–H and O–H groups in total. The smallest absolute Gasteiger partial charge is 0.0794 e. The van der Waals surface area contributed by atoms with Crippen molar-refractivity contribution < 1.29 is 0 Å². The molecule has 1 aliphatic carbocycles. The Morgan fingerprint density at radius 2 is 2.26 bits per heavy atom. The van der Waals surface area contributed by atoms with E-state index in [-0.39, 0.29) is 0 Å². The van der Waals surface area contributed by atoms with Crippen LogP contribution in [0.25, 0.3) is 0 Å². The molecular weight excluding hydrogens is 252 g/mol. The number of benzene rings is 1. The fourth-order valence-electron chi connectivity index (χ4n) is 2.75. The second-order valence-electron chi connectivity index (χ2n) is 5.46. The van der Waals surface area contributed by atoms with Crippen LogP contribution in [0.2, 0.25) is 0 Å². The lowest BCUT2D eigenvalue weighted by Gasteiger charge is -2.36. The van der Waals surface area contributed by atoms with Crippen molar-refractivity contribution >= 4 is 11.3 Å². The van der Waals surface area contributed by atoms with E-state index < -0.39 is 0 Å². The number of aromatic nitrogens is 1. The van der Waals surface area contributed by atoms with Gasteiger partial charge < -0.3 is 5.32 Å². The van der Waals surface area contributed by atoms with E-state index in [1.807, 2.05) is 5.51 Å². The number of hydrogen-bond acceptors (Lipinski definition) is 3. The van der Waals surface area contributed by atoms with Gasteiger partial charge in [0.2, 0.25) is 0 Å². The van der Waals surface area contributed by atoms with Crippen LogP contribution in [0.1, 0.15) is 35.6 Å². The Morgan fingerprint density at radius 3 is 3.00 bits per heavy atom. The topological polar surface area (TPSA) is 24.9 Å². The van der Waals surface area contributed by atoms with Crippen molar-refractivity contribution in [1.29, 1.82) is 0 Å². The van der Waals surface area contributed by atoms with Gasteiger partial charge in [-0.05, 0) is 31.2 Å². The van der Waals surface area contributed by atoms with E-state index in [1.54, 1.807) is 11.3 Å². The maximum atomic E-state index is 4.31. The van der Waals surface area contributed by atoms with E-state index in [0.29, 0.717) is 6.04 Å². The summed E-state index contributed by atoms with van der Waals surface area (Å²) < 4.78 is 0. The van der Waals surface area contributed by atoms with E-state index in [1.165, 1.54) is 29.7 Å². The Hall–Kier alpha value is -1.19. The van der Waals surface area contributed by atoms with Crippen molar-refractivity contribution in [3.63, 3.8) is 0 Å². The number of hydrogen-bond donors (Lipinski definition) is 1. The lowest BCUT2D eigenvalue weighted by atomic mass is 9.75. The summed E-state index contributed by atoms with van der Waals surface area (Å²) in [6.45, 7) is 3.22. The molecule has 3 rings (SSSR count). The van der Waals surface area contributed by atoms with Crippen LogP contribution in [-0.4, -0.2) is 17.6 Å². The van der Waals surface area contributed by atoms with Crippen molar-refractivity contribution in [2.75, 3.05) is 6.54 Å². The summed E-state index contributed by atoms with van der Waals surface area (Å²) in [5, 5.41) is 5.77. The van der Waals surface area contributed by atoms with Gasteiger partial charge in [-0.15, -0.1) is 11.3 Å². The molecule has 0 bridgehead atoms. The SMILES string of the molecule is Cc1cccc(C2CC(NCCc3cscn3)C2)c1. The third kappa shape index (κ3) is 3.23. The monoisotopic (exact) mass is 272 g/mol. The van der Waals surface area contributed by atoms with Crippen molar-refractivity contribution in [3.05, 3.63) is 52.0 Å². The lowest BCUT2D eigenvalue weighted by molar-refractivity contribution is 0.292. The number of nitrogens with zero attached hydrogens (tertiary/aromatic N) is 1. The molecule has 1 saturated carbocycles. The first-order chi connectivity index (χ1) is 9.31. The van der Waals surface area contributed by atoms with Crippen LogP contribution in [0, 0.1) is 6.92 Å². The van der Waals surface area contributed by atoms with Crippen molar-refractivity contribution in [2.45, 2.75) is 38.1 Å². The molecule has 2 aromatic rings. The Morgan fingerprint density at radius 1 is 1.37 bits per heavy atom. The summed E-state index contributed by atoms with van der Waals surface area (Å²) >= 11 is 1.68. The van der Waals surface area contributed by atoms with E-state index in [2.05, 4.69) is 46.9 Å². The van der Waals surface area contributed by atoms with Crippen LogP contribution in [0.5, 0.6) is 0 Å². The Bertz CT molecular complexity index is 515. The van der Waals surface area contributed by atoms with Gasteiger partial charge in [0.1, 0.15) is 0 Å². The van der Waals surface area contributed by atoms with Crippen molar-refractivity contribution in [1.82, 2.24) is 10.3 Å². The number of rotatable bonds is 5. The van der Waals surface area contributed by atoms with E-state index in [4.69, 9.17) is 0 Å². The Balaban J connectivity index is 1.41. The summed E-state index contributed by atoms with van der Waals surface area (Å²) in [6, 6.07) is 9.64. The first-order valence-corrected chi connectivity index (χ1v) is 7.92. The van der Waals surface area contributed by atoms with Crippen molar-refractivity contribution in [2.24, 2.45) is 0 Å². The van der Waals surface area contributed by atoms with Crippen LogP contribution in [-0.2, 0) is 6.42 Å². The maximum absolute atomic E-state index is 4.31. The molecule has 1 aromatic heterocycles. The maximum Gasteiger partial charge on any atom is 0.0794 e. The Labute approximate surface area is 118 Å². The molecule has 19 heavy (non-hydrogen) atoms. The predicted octanol–water partition coefficient (Wildman–Crippen LogP) is 3.53. The predicted molar refractivity (Wildman–Crippen MR) is 80.8 cm³/mol. The fraction of sp³-hybridized carbons (Fsp3) is 0.438. The fourth-order valence-corrected chi connectivity index (χ4v) is 3.34. The molecule has 0 spiro atoms. The average Bonchev–Trinajstić information content (AvgIpc) is 2.85. The van der Waals surface area contributed by atoms with Crippen LogP contribution in [0.3, 0.4) is 0 Å². The zero-order valence-electron chi connectivity index (χ0n) is 11.3. The second-order valence-corrected chi connectivity index (χ2v) is 6.18. The highest BCUT2D eigenvalue weighted by Crippen LogP contribution is 2.36.